The molecule has 0 radical (unpaired) electrons. The fraction of sp³-hybridized carbons (Fsp3) is 0.286. The van der Waals surface area contributed by atoms with Crippen LogP contribution in [0.25, 0.3) is 0 Å². The van der Waals surface area contributed by atoms with E-state index in [1.54, 1.807) is 10.9 Å². The maximum Gasteiger partial charge on any atom is 0.185 e. The molecule has 3 aromatic rings. The summed E-state index contributed by atoms with van der Waals surface area (Å²) in [5.41, 5.74) is 9.30. The number of imidazole rings is 1. The molecular formula is C21H21Cl2N3O3. The lowest BCUT2D eigenvalue weighted by Gasteiger charge is -2.36. The Balaban J connectivity index is 1.61. The average Bonchev–Trinajstić information content (AvgIpc) is 3.06. The predicted octanol–water partition coefficient (Wildman–Crippen LogP) is 4.51. The van der Waals surface area contributed by atoms with E-state index < -0.39 is 6.29 Å². The molecule has 1 unspecified atom stereocenters. The Labute approximate surface area is 178 Å². The first-order valence-electron chi connectivity index (χ1n) is 9.25. The van der Waals surface area contributed by atoms with Crippen molar-refractivity contribution in [1.29, 1.82) is 0 Å². The van der Waals surface area contributed by atoms with Crippen LogP contribution in [0.15, 0.2) is 54.9 Å². The third-order valence-corrected chi connectivity index (χ3v) is 5.70. The molecule has 1 aliphatic heterocycles. The minimum Gasteiger partial charge on any atom is -0.399 e. The first-order valence-corrected chi connectivity index (χ1v) is 10.0. The number of nitrogens with two attached hydrogens (primary N) is 1. The molecule has 0 spiro atoms. The summed E-state index contributed by atoms with van der Waals surface area (Å²) < 4.78 is 14.3. The first-order chi connectivity index (χ1) is 14.0. The van der Waals surface area contributed by atoms with Crippen LogP contribution in [0.4, 0.5) is 5.69 Å². The quantitative estimate of drug-likeness (QED) is 0.578. The van der Waals surface area contributed by atoms with Gasteiger partial charge in [-0.1, -0.05) is 59.6 Å². The van der Waals surface area contributed by atoms with Gasteiger partial charge in [0.1, 0.15) is 5.15 Å². The molecule has 1 aliphatic rings. The Morgan fingerprint density at radius 1 is 1.10 bits per heavy atom. The number of nitrogens with zero attached hydrogens (tertiary/aromatic N) is 2. The fourth-order valence-corrected chi connectivity index (χ4v) is 3.74. The summed E-state index contributed by atoms with van der Waals surface area (Å²) in [6.45, 7) is 0.495. The summed E-state index contributed by atoms with van der Waals surface area (Å²) in [5, 5.41) is 9.94. The van der Waals surface area contributed by atoms with Crippen molar-refractivity contribution >= 4 is 28.9 Å². The minimum absolute atomic E-state index is 0.00332. The van der Waals surface area contributed by atoms with Gasteiger partial charge in [-0.25, -0.2) is 4.98 Å². The van der Waals surface area contributed by atoms with E-state index in [1.807, 2.05) is 48.5 Å². The molecular weight excluding hydrogens is 413 g/mol. The maximum atomic E-state index is 9.29. The van der Waals surface area contributed by atoms with Crippen LogP contribution in [-0.2, 0) is 22.6 Å². The Bertz CT molecular complexity index is 978. The zero-order valence-corrected chi connectivity index (χ0v) is 17.1. The standard InChI is InChI=1S/C21H21Cl2N3O3/c22-19-20(23)26(12-25-19)10-17-9-18(14-6-4-13(11-27)5-7-14)29-21(28-17)15-2-1-3-16(24)8-15/h1-8,12,17-18,21,27H,9-11,24H2/t17-,18+,21?/m0/s1. The predicted molar refractivity (Wildman–Crippen MR) is 112 cm³/mol. The Hall–Kier alpha value is -2.09. The van der Waals surface area contributed by atoms with Crippen LogP contribution in [0.2, 0.25) is 10.3 Å². The zero-order valence-electron chi connectivity index (χ0n) is 15.5. The summed E-state index contributed by atoms with van der Waals surface area (Å²) in [4.78, 5) is 4.04. The first kappa shape index (κ1) is 20.2. The van der Waals surface area contributed by atoms with Gasteiger partial charge in [-0.2, -0.15) is 0 Å². The molecule has 3 N–H and O–H groups in total. The highest BCUT2D eigenvalue weighted by atomic mass is 35.5. The number of halogens is 2. The van der Waals surface area contributed by atoms with Crippen molar-refractivity contribution in [3.8, 4) is 0 Å². The number of aliphatic hydroxyl groups is 1. The van der Waals surface area contributed by atoms with E-state index in [-0.39, 0.29) is 24.0 Å². The van der Waals surface area contributed by atoms with E-state index in [4.69, 9.17) is 38.4 Å². The van der Waals surface area contributed by atoms with Gasteiger partial charge < -0.3 is 24.9 Å². The lowest BCUT2D eigenvalue weighted by molar-refractivity contribution is -0.252. The van der Waals surface area contributed by atoms with Crippen molar-refractivity contribution in [3.63, 3.8) is 0 Å². The van der Waals surface area contributed by atoms with Gasteiger partial charge in [-0.05, 0) is 23.3 Å². The molecule has 2 heterocycles. The second kappa shape index (κ2) is 8.73. The summed E-state index contributed by atoms with van der Waals surface area (Å²) >= 11 is 12.2. The van der Waals surface area contributed by atoms with Crippen molar-refractivity contribution in [3.05, 3.63) is 81.9 Å². The highest BCUT2D eigenvalue weighted by Crippen LogP contribution is 2.39. The van der Waals surface area contributed by atoms with Gasteiger partial charge in [0, 0.05) is 17.7 Å². The number of aliphatic hydroxyl groups excluding tert-OH is 1. The number of rotatable bonds is 5. The number of ether oxygens (including phenoxy) is 2. The maximum absolute atomic E-state index is 9.29. The van der Waals surface area contributed by atoms with Gasteiger partial charge in [0.25, 0.3) is 0 Å². The molecule has 0 aliphatic carbocycles. The van der Waals surface area contributed by atoms with Crippen molar-refractivity contribution in [2.24, 2.45) is 0 Å². The average molecular weight is 434 g/mol. The smallest absolute Gasteiger partial charge is 0.185 e. The molecule has 152 valence electrons. The summed E-state index contributed by atoms with van der Waals surface area (Å²) in [5.74, 6) is 0. The van der Waals surface area contributed by atoms with E-state index in [2.05, 4.69) is 4.98 Å². The summed E-state index contributed by atoms with van der Waals surface area (Å²) in [6, 6.07) is 15.2. The van der Waals surface area contributed by atoms with Gasteiger partial charge in [0.2, 0.25) is 0 Å². The molecule has 0 bridgehead atoms. The Morgan fingerprint density at radius 3 is 2.55 bits per heavy atom. The monoisotopic (exact) mass is 433 g/mol. The highest BCUT2D eigenvalue weighted by molar-refractivity contribution is 6.40. The SMILES string of the molecule is Nc1cccc(C2O[C@H](Cn3cnc(Cl)c3Cl)C[C@H](c3ccc(CO)cc3)O2)c1. The van der Waals surface area contributed by atoms with Crippen LogP contribution < -0.4 is 5.73 Å². The van der Waals surface area contributed by atoms with Gasteiger partial charge in [0.05, 0.1) is 31.7 Å². The molecule has 0 saturated carbocycles. The molecule has 1 fully saturated rings. The van der Waals surface area contributed by atoms with Crippen LogP contribution in [0.1, 0.15) is 35.5 Å². The third-order valence-electron chi connectivity index (χ3n) is 4.93. The lowest BCUT2D eigenvalue weighted by atomic mass is 10.00. The number of hydrogen-bond acceptors (Lipinski definition) is 5. The van der Waals surface area contributed by atoms with Gasteiger partial charge in [-0.15, -0.1) is 0 Å². The number of nitrogen functional groups attached to an aromatic ring is 1. The van der Waals surface area contributed by atoms with Crippen LogP contribution >= 0.6 is 23.2 Å². The van der Waals surface area contributed by atoms with Crippen LogP contribution in [-0.4, -0.2) is 20.8 Å². The molecule has 1 aromatic heterocycles. The number of hydrogen-bond donors (Lipinski definition) is 2. The normalized spacial score (nSPS) is 22.0. The van der Waals surface area contributed by atoms with Crippen molar-refractivity contribution < 1.29 is 14.6 Å². The summed E-state index contributed by atoms with van der Waals surface area (Å²) in [7, 11) is 0. The topological polar surface area (TPSA) is 82.5 Å². The number of aromatic nitrogens is 2. The molecule has 29 heavy (non-hydrogen) atoms. The second-order valence-corrected chi connectivity index (χ2v) is 7.71. The van der Waals surface area contributed by atoms with E-state index in [0.29, 0.717) is 23.8 Å². The zero-order chi connectivity index (χ0) is 20.4. The lowest BCUT2D eigenvalue weighted by Crippen LogP contribution is -2.32. The van der Waals surface area contributed by atoms with E-state index in [1.165, 1.54) is 0 Å². The van der Waals surface area contributed by atoms with E-state index in [0.717, 1.165) is 16.7 Å². The third kappa shape index (κ3) is 4.57. The Morgan fingerprint density at radius 2 is 1.90 bits per heavy atom. The molecule has 6 nitrogen and oxygen atoms in total. The summed E-state index contributed by atoms with van der Waals surface area (Å²) in [6.07, 6.45) is 1.29. The van der Waals surface area contributed by atoms with Gasteiger partial charge >= 0.3 is 0 Å². The van der Waals surface area contributed by atoms with Crippen LogP contribution in [0.5, 0.6) is 0 Å². The van der Waals surface area contributed by atoms with Crippen molar-refractivity contribution in [2.75, 3.05) is 5.73 Å². The molecule has 1 saturated heterocycles. The molecule has 0 amide bonds. The van der Waals surface area contributed by atoms with Crippen LogP contribution in [0.3, 0.4) is 0 Å². The number of anilines is 1. The number of benzene rings is 2. The van der Waals surface area contributed by atoms with Crippen molar-refractivity contribution in [1.82, 2.24) is 9.55 Å². The molecule has 3 atom stereocenters. The second-order valence-electron chi connectivity index (χ2n) is 7.00. The van der Waals surface area contributed by atoms with Crippen LogP contribution in [0, 0.1) is 0 Å². The Kier molecular flexibility index (Phi) is 6.08. The van der Waals surface area contributed by atoms with E-state index in [9.17, 15) is 5.11 Å². The van der Waals surface area contributed by atoms with Gasteiger partial charge in [0.15, 0.2) is 11.4 Å². The molecule has 2 aromatic carbocycles. The van der Waals surface area contributed by atoms with Gasteiger partial charge in [-0.3, -0.25) is 0 Å². The fourth-order valence-electron chi connectivity index (χ4n) is 3.43. The minimum atomic E-state index is -0.572. The highest BCUT2D eigenvalue weighted by Gasteiger charge is 2.32. The largest absolute Gasteiger partial charge is 0.399 e. The van der Waals surface area contributed by atoms with Crippen molar-refractivity contribution in [2.45, 2.75) is 38.1 Å². The molecule has 8 heteroatoms. The van der Waals surface area contributed by atoms with E-state index >= 15 is 0 Å². The molecule has 4 rings (SSSR count).